The van der Waals surface area contributed by atoms with E-state index in [-0.39, 0.29) is 11.7 Å². The van der Waals surface area contributed by atoms with Crippen molar-refractivity contribution in [3.63, 3.8) is 0 Å². The van der Waals surface area contributed by atoms with Crippen LogP contribution >= 0.6 is 23.2 Å². The molecule has 2 aliphatic heterocycles. The predicted octanol–water partition coefficient (Wildman–Crippen LogP) is 6.37. The van der Waals surface area contributed by atoms with E-state index in [0.717, 1.165) is 22.3 Å². The number of ketones is 1. The van der Waals surface area contributed by atoms with Gasteiger partial charge in [-0.3, -0.25) is 19.3 Å². The summed E-state index contributed by atoms with van der Waals surface area (Å²) in [4.78, 5) is 35.9. The lowest BCUT2D eigenvalue weighted by molar-refractivity contribution is -0.169. The predicted molar refractivity (Wildman–Crippen MR) is 146 cm³/mol. The van der Waals surface area contributed by atoms with E-state index in [2.05, 4.69) is 13.2 Å². The molecule has 188 valence electrons. The highest BCUT2D eigenvalue weighted by Crippen LogP contribution is 2.47. The first-order chi connectivity index (χ1) is 17.2. The zero-order chi connectivity index (χ0) is 26.0. The second kappa shape index (κ2) is 10.7. The maximum atomic E-state index is 14.2. The first-order valence-corrected chi connectivity index (χ1v) is 12.7. The number of hydrogen-bond acceptors (Lipinski definition) is 4. The van der Waals surface area contributed by atoms with E-state index in [1.54, 1.807) is 41.3 Å². The van der Waals surface area contributed by atoms with Crippen molar-refractivity contribution in [2.24, 2.45) is 0 Å². The van der Waals surface area contributed by atoms with Gasteiger partial charge in [0.05, 0.1) is 6.61 Å². The van der Waals surface area contributed by atoms with Crippen LogP contribution in [0.4, 0.5) is 5.69 Å². The lowest BCUT2D eigenvalue weighted by atomic mass is 9.78. The summed E-state index contributed by atoms with van der Waals surface area (Å²) in [6, 6.07) is 10.7. The number of amides is 1. The van der Waals surface area contributed by atoms with Gasteiger partial charge in [0.2, 0.25) is 5.91 Å². The number of nitrogens with zero attached hydrogens (tertiary/aromatic N) is 2. The summed E-state index contributed by atoms with van der Waals surface area (Å²) >= 11 is 12.4. The third-order valence-corrected chi connectivity index (χ3v) is 7.58. The minimum atomic E-state index is -0.966. The fourth-order valence-electron chi connectivity index (χ4n) is 5.37. The molecule has 1 unspecified atom stereocenters. The average Bonchev–Trinajstić information content (AvgIpc) is 3.04. The molecule has 0 aliphatic carbocycles. The second-order valence-corrected chi connectivity index (χ2v) is 10.2. The van der Waals surface area contributed by atoms with Crippen LogP contribution < -0.4 is 4.90 Å². The molecule has 4 rings (SSSR count). The van der Waals surface area contributed by atoms with Crippen molar-refractivity contribution in [2.45, 2.75) is 38.1 Å². The van der Waals surface area contributed by atoms with Crippen molar-refractivity contribution >= 4 is 40.6 Å². The fourth-order valence-corrected chi connectivity index (χ4v) is 5.83. The molecule has 1 spiro atoms. The summed E-state index contributed by atoms with van der Waals surface area (Å²) < 4.78 is 0. The first-order valence-electron chi connectivity index (χ1n) is 11.9. The Labute approximate surface area is 222 Å². The number of hydroxylamine groups is 2. The van der Waals surface area contributed by atoms with Crippen molar-refractivity contribution in [2.75, 3.05) is 24.6 Å². The summed E-state index contributed by atoms with van der Waals surface area (Å²) in [5.74, 6) is -1.17. The lowest BCUT2D eigenvalue weighted by Gasteiger charge is -2.43. The molecule has 36 heavy (non-hydrogen) atoms. The van der Waals surface area contributed by atoms with Crippen LogP contribution in [-0.4, -0.2) is 42.0 Å². The molecule has 2 fully saturated rings. The van der Waals surface area contributed by atoms with Gasteiger partial charge in [-0.1, -0.05) is 54.6 Å². The van der Waals surface area contributed by atoms with Crippen LogP contribution in [0.2, 0.25) is 10.0 Å². The van der Waals surface area contributed by atoms with Crippen LogP contribution in [0.5, 0.6) is 0 Å². The van der Waals surface area contributed by atoms with E-state index in [1.807, 2.05) is 37.1 Å². The van der Waals surface area contributed by atoms with Crippen LogP contribution in [0, 0.1) is 13.8 Å². The molecule has 0 aromatic heterocycles. The largest absolute Gasteiger partial charge is 0.298 e. The van der Waals surface area contributed by atoms with Gasteiger partial charge in [-0.15, -0.1) is 0 Å². The smallest absolute Gasteiger partial charge is 0.243 e. The Bertz CT molecular complexity index is 1200. The van der Waals surface area contributed by atoms with Crippen LogP contribution in [-0.2, 0) is 14.4 Å². The molecule has 2 aromatic carbocycles. The number of rotatable bonds is 7. The normalized spacial score (nSPS) is 20.3. The first kappa shape index (κ1) is 26.4. The molecule has 0 bridgehead atoms. The maximum absolute atomic E-state index is 14.2. The zero-order valence-electron chi connectivity index (χ0n) is 20.6. The van der Waals surface area contributed by atoms with Crippen LogP contribution in [0.3, 0.4) is 0 Å². The van der Waals surface area contributed by atoms with E-state index in [0.29, 0.717) is 48.3 Å². The van der Waals surface area contributed by atoms with Crippen LogP contribution in [0.1, 0.15) is 35.4 Å². The summed E-state index contributed by atoms with van der Waals surface area (Å²) in [5.41, 5.74) is 3.04. The number of hydrogen-bond donors (Lipinski definition) is 0. The Balaban J connectivity index is 1.69. The van der Waals surface area contributed by atoms with Crippen molar-refractivity contribution in [3.8, 4) is 0 Å². The number of anilines is 1. The number of allylic oxidation sites excluding steroid dienone is 2. The van der Waals surface area contributed by atoms with Gasteiger partial charge in [0, 0.05) is 28.8 Å². The summed E-state index contributed by atoms with van der Waals surface area (Å²) in [6.45, 7) is 12.7. The number of halogens is 2. The van der Waals surface area contributed by atoms with Crippen molar-refractivity contribution in [1.29, 1.82) is 0 Å². The van der Waals surface area contributed by atoms with E-state index < -0.39 is 11.5 Å². The number of aryl methyl sites for hydroxylation is 2. The Hall–Kier alpha value is -2.70. The molecule has 0 N–H and O–H groups in total. The summed E-state index contributed by atoms with van der Waals surface area (Å²) in [6.07, 6.45) is 6.18. The monoisotopic (exact) mass is 524 g/mol. The molecule has 2 heterocycles. The van der Waals surface area contributed by atoms with Gasteiger partial charge in [-0.05, 0) is 85.4 Å². The number of Topliss-reactive ketones (excluding diaryl/α,β-unsaturated/α-hetero) is 1. The van der Waals surface area contributed by atoms with Crippen LogP contribution in [0.15, 0.2) is 73.4 Å². The highest BCUT2D eigenvalue weighted by atomic mass is 35.5. The number of piperidine rings is 1. The van der Waals surface area contributed by atoms with E-state index >= 15 is 0 Å². The van der Waals surface area contributed by atoms with E-state index in [9.17, 15) is 9.59 Å². The topological polar surface area (TPSA) is 49.9 Å². The average molecular weight is 525 g/mol. The zero-order valence-corrected chi connectivity index (χ0v) is 22.1. The van der Waals surface area contributed by atoms with Crippen molar-refractivity contribution < 1.29 is 14.4 Å². The molecule has 1 atom stereocenters. The third-order valence-electron chi connectivity index (χ3n) is 7.11. The quantitative estimate of drug-likeness (QED) is 0.311. The second-order valence-electron chi connectivity index (χ2n) is 9.32. The fraction of sp³-hybridized carbons (Fsp3) is 0.310. The van der Waals surface area contributed by atoms with Crippen molar-refractivity contribution in [3.05, 3.63) is 100 Å². The molecular weight excluding hydrogens is 495 g/mol. The molecule has 7 heteroatoms. The molecule has 0 saturated carbocycles. The Morgan fingerprint density at radius 2 is 1.67 bits per heavy atom. The van der Waals surface area contributed by atoms with E-state index in [4.69, 9.17) is 28.0 Å². The minimum Gasteiger partial charge on any atom is -0.298 e. The van der Waals surface area contributed by atoms with Gasteiger partial charge >= 0.3 is 0 Å². The van der Waals surface area contributed by atoms with Crippen molar-refractivity contribution in [1.82, 2.24) is 5.06 Å². The van der Waals surface area contributed by atoms with Gasteiger partial charge < -0.3 is 0 Å². The van der Waals surface area contributed by atoms with Gasteiger partial charge in [0.1, 0.15) is 11.5 Å². The molecule has 2 saturated heterocycles. The third kappa shape index (κ3) is 4.81. The highest BCUT2D eigenvalue weighted by molar-refractivity contribution is 6.31. The number of carbonyl (C=O) groups is 2. The maximum Gasteiger partial charge on any atom is 0.243 e. The summed E-state index contributed by atoms with van der Waals surface area (Å²) in [5, 5.41) is 3.02. The molecule has 0 radical (unpaired) electrons. The standard InChI is InChI=1S/C29H30Cl2N2O3/c1-5-7-21(6-2)18-36-32-14-12-29(13-15-32)27(34)26(25-19(3)16-23(31)17-20(25)4)28(35)33(29)24-10-8-22(30)9-11-24/h5-11,16-17,26H,1-2,12-15,18H2,3-4H3/b21-7+. The Morgan fingerprint density at radius 1 is 1.06 bits per heavy atom. The lowest BCUT2D eigenvalue weighted by Crippen LogP contribution is -2.56. The molecule has 5 nitrogen and oxygen atoms in total. The van der Waals surface area contributed by atoms with E-state index in [1.165, 1.54) is 0 Å². The molecule has 2 aliphatic rings. The summed E-state index contributed by atoms with van der Waals surface area (Å²) in [7, 11) is 0. The van der Waals surface area contributed by atoms with Gasteiger partial charge in [-0.25, -0.2) is 0 Å². The van der Waals surface area contributed by atoms with Gasteiger partial charge in [-0.2, -0.15) is 5.06 Å². The minimum absolute atomic E-state index is 0.0750. The molecule has 1 amide bonds. The SMILES string of the molecule is C=C/C=C(\C=C)CON1CCC2(CC1)C(=O)C(c1c(C)cc(Cl)cc1C)C(=O)N2c1ccc(Cl)cc1. The molecule has 2 aromatic rings. The van der Waals surface area contributed by atoms with Gasteiger partial charge in [0.25, 0.3) is 0 Å². The number of benzene rings is 2. The van der Waals surface area contributed by atoms with Gasteiger partial charge in [0.15, 0.2) is 5.78 Å². The number of carbonyl (C=O) groups excluding carboxylic acids is 2. The van der Waals surface area contributed by atoms with Crippen LogP contribution in [0.25, 0.3) is 0 Å². The highest BCUT2D eigenvalue weighted by Gasteiger charge is 2.60. The molecular formula is C29H30Cl2N2O3. The Kier molecular flexibility index (Phi) is 7.86. The Morgan fingerprint density at radius 3 is 2.22 bits per heavy atom.